The van der Waals surface area contributed by atoms with Crippen LogP contribution in [0.15, 0.2) is 30.6 Å². The van der Waals surface area contributed by atoms with E-state index in [0.717, 1.165) is 51.7 Å². The number of carbonyl (C=O) groups is 2. The molecule has 38 heavy (non-hydrogen) atoms. The minimum Gasteiger partial charge on any atom is -0.444 e. The highest BCUT2D eigenvalue weighted by atomic mass is 35.5. The molecule has 1 atom stereocenters. The summed E-state index contributed by atoms with van der Waals surface area (Å²) in [5.74, 6) is -0.301. The fraction of sp³-hybridized carbons (Fsp3) is 0.483. The van der Waals surface area contributed by atoms with Crippen molar-refractivity contribution >= 4 is 34.6 Å². The van der Waals surface area contributed by atoms with Crippen molar-refractivity contribution in [3.05, 3.63) is 52.3 Å². The van der Waals surface area contributed by atoms with Crippen molar-refractivity contribution in [2.75, 3.05) is 13.1 Å². The van der Waals surface area contributed by atoms with Gasteiger partial charge in [-0.2, -0.15) is 0 Å². The molecule has 2 aliphatic heterocycles. The van der Waals surface area contributed by atoms with E-state index in [9.17, 15) is 14.7 Å². The van der Waals surface area contributed by atoms with Crippen molar-refractivity contribution in [3.63, 3.8) is 0 Å². The van der Waals surface area contributed by atoms with Crippen molar-refractivity contribution in [1.29, 1.82) is 0 Å². The second kappa shape index (κ2) is 9.58. The molecule has 1 aromatic carbocycles. The third kappa shape index (κ3) is 5.12. The van der Waals surface area contributed by atoms with Crippen LogP contribution in [0.4, 0.5) is 4.79 Å². The number of aliphatic hydroxyl groups is 1. The quantitative estimate of drug-likeness (QED) is 0.451. The molecule has 0 unspecified atom stereocenters. The molecule has 2 aromatic heterocycles. The van der Waals surface area contributed by atoms with Crippen molar-refractivity contribution in [2.24, 2.45) is 0 Å². The Labute approximate surface area is 227 Å². The summed E-state index contributed by atoms with van der Waals surface area (Å²) in [4.78, 5) is 37.3. The summed E-state index contributed by atoms with van der Waals surface area (Å²) in [6.07, 6.45) is 5.54. The summed E-state index contributed by atoms with van der Waals surface area (Å²) in [7, 11) is 0. The summed E-state index contributed by atoms with van der Waals surface area (Å²) in [6.45, 7) is 10.1. The van der Waals surface area contributed by atoms with Crippen molar-refractivity contribution in [3.8, 4) is 11.1 Å². The van der Waals surface area contributed by atoms with Crippen LogP contribution in [-0.2, 0) is 22.5 Å². The number of fused-ring (bicyclic) bond motifs is 2. The highest BCUT2D eigenvalue weighted by Crippen LogP contribution is 2.41. The summed E-state index contributed by atoms with van der Waals surface area (Å²) in [6, 6.07) is 6.12. The van der Waals surface area contributed by atoms with Gasteiger partial charge >= 0.3 is 6.09 Å². The molecule has 5 rings (SSSR count). The molecule has 0 aliphatic carbocycles. The molecule has 0 saturated carbocycles. The standard InChI is InChI=1S/C29H35ClN4O4/c1-28(2,3)38-27(36)34-9-6-7-24(34)20-12-18(19-13-21-23(30)15-32-25(21)31-14-19)11-17-8-10-33(16-22(17)20)26(35)29(4,5)37/h11-15,24,37H,6-10,16H2,1-5H3,(H,31,32)/t24-/m0/s1. The molecule has 2 amide bonds. The Bertz CT molecular complexity index is 1400. The first-order valence-electron chi connectivity index (χ1n) is 13.1. The van der Waals surface area contributed by atoms with Gasteiger partial charge in [-0.1, -0.05) is 17.7 Å². The van der Waals surface area contributed by atoms with Gasteiger partial charge in [0.1, 0.15) is 16.8 Å². The maximum absolute atomic E-state index is 13.2. The zero-order chi connectivity index (χ0) is 27.4. The van der Waals surface area contributed by atoms with Gasteiger partial charge < -0.3 is 24.6 Å². The molecule has 0 spiro atoms. The van der Waals surface area contributed by atoms with Crippen LogP contribution in [0.1, 0.15) is 70.2 Å². The zero-order valence-corrected chi connectivity index (χ0v) is 23.4. The first-order chi connectivity index (χ1) is 17.8. The Kier molecular flexibility index (Phi) is 6.68. The van der Waals surface area contributed by atoms with Gasteiger partial charge in [0.2, 0.25) is 0 Å². The van der Waals surface area contributed by atoms with Crippen molar-refractivity contribution in [1.82, 2.24) is 19.8 Å². The molecule has 202 valence electrons. The molecule has 0 radical (unpaired) electrons. The smallest absolute Gasteiger partial charge is 0.410 e. The lowest BCUT2D eigenvalue weighted by molar-refractivity contribution is -0.148. The maximum atomic E-state index is 13.2. The van der Waals surface area contributed by atoms with E-state index >= 15 is 0 Å². The van der Waals surface area contributed by atoms with Crippen LogP contribution >= 0.6 is 11.6 Å². The highest BCUT2D eigenvalue weighted by Gasteiger charge is 2.38. The summed E-state index contributed by atoms with van der Waals surface area (Å²) in [5.41, 5.74) is 3.77. The number of H-pyrrole nitrogens is 1. The first-order valence-corrected chi connectivity index (χ1v) is 13.5. The van der Waals surface area contributed by atoms with E-state index in [1.807, 2.05) is 37.9 Å². The molecule has 2 N–H and O–H groups in total. The van der Waals surface area contributed by atoms with E-state index in [2.05, 4.69) is 22.1 Å². The number of ether oxygens (including phenoxy) is 1. The summed E-state index contributed by atoms with van der Waals surface area (Å²) in [5, 5.41) is 11.9. The lowest BCUT2D eigenvalue weighted by Gasteiger charge is -2.36. The van der Waals surface area contributed by atoms with Gasteiger partial charge in [0, 0.05) is 43.0 Å². The van der Waals surface area contributed by atoms with E-state index in [1.54, 1.807) is 11.1 Å². The third-order valence-corrected chi connectivity index (χ3v) is 7.55. The molecule has 3 aromatic rings. The lowest BCUT2D eigenvalue weighted by Crippen LogP contribution is -2.47. The van der Waals surface area contributed by atoms with Crippen LogP contribution in [0.3, 0.4) is 0 Å². The topological polar surface area (TPSA) is 98.8 Å². The van der Waals surface area contributed by atoms with Gasteiger partial charge in [-0.05, 0) is 88.3 Å². The van der Waals surface area contributed by atoms with Crippen LogP contribution in [0, 0.1) is 0 Å². The van der Waals surface area contributed by atoms with Crippen LogP contribution in [-0.4, -0.2) is 61.2 Å². The normalized spacial score (nSPS) is 18.1. The first kappa shape index (κ1) is 26.5. The third-order valence-electron chi connectivity index (χ3n) is 7.24. The van der Waals surface area contributed by atoms with Gasteiger partial charge in [-0.15, -0.1) is 0 Å². The van der Waals surface area contributed by atoms with Gasteiger partial charge in [0.15, 0.2) is 0 Å². The molecule has 2 aliphatic rings. The predicted molar refractivity (Wildman–Crippen MR) is 147 cm³/mol. The average molecular weight is 539 g/mol. The monoisotopic (exact) mass is 538 g/mol. The van der Waals surface area contributed by atoms with E-state index in [0.29, 0.717) is 31.1 Å². The minimum atomic E-state index is -1.45. The Hall–Kier alpha value is -3.10. The van der Waals surface area contributed by atoms with Crippen LogP contribution in [0.2, 0.25) is 5.02 Å². The molecule has 0 bridgehead atoms. The number of hydrogen-bond donors (Lipinski definition) is 2. The van der Waals surface area contributed by atoms with Crippen LogP contribution < -0.4 is 0 Å². The minimum absolute atomic E-state index is 0.178. The number of benzene rings is 1. The molecule has 8 nitrogen and oxygen atoms in total. The number of nitrogens with one attached hydrogen (secondary N) is 1. The molecule has 1 saturated heterocycles. The number of carbonyl (C=O) groups excluding carboxylic acids is 2. The predicted octanol–water partition coefficient (Wildman–Crippen LogP) is 5.61. The Balaban J connectivity index is 1.60. The van der Waals surface area contributed by atoms with E-state index in [4.69, 9.17) is 16.3 Å². The maximum Gasteiger partial charge on any atom is 0.410 e. The second-order valence-corrected chi connectivity index (χ2v) is 12.2. The number of aromatic nitrogens is 2. The molecule has 4 heterocycles. The number of nitrogens with zero attached hydrogens (tertiary/aromatic N) is 3. The SMILES string of the molecule is CC(C)(C)OC(=O)N1CCC[C@H]1c1cc(-c2cnc3[nH]cc(Cl)c3c2)cc2c1CN(C(=O)C(C)(C)O)CC2. The Morgan fingerprint density at radius 1 is 1.13 bits per heavy atom. The number of aromatic amines is 1. The van der Waals surface area contributed by atoms with Gasteiger partial charge in [0.25, 0.3) is 5.91 Å². The number of rotatable bonds is 3. The van der Waals surface area contributed by atoms with Crippen molar-refractivity contribution in [2.45, 2.75) is 77.7 Å². The Morgan fingerprint density at radius 2 is 1.89 bits per heavy atom. The molecule has 9 heteroatoms. The van der Waals surface area contributed by atoms with E-state index < -0.39 is 11.2 Å². The lowest BCUT2D eigenvalue weighted by atomic mass is 9.86. The summed E-state index contributed by atoms with van der Waals surface area (Å²) >= 11 is 6.38. The second-order valence-electron chi connectivity index (χ2n) is 11.8. The number of pyridine rings is 1. The van der Waals surface area contributed by atoms with E-state index in [-0.39, 0.29) is 18.0 Å². The van der Waals surface area contributed by atoms with Gasteiger partial charge in [-0.3, -0.25) is 4.79 Å². The fourth-order valence-electron chi connectivity index (χ4n) is 5.48. The van der Waals surface area contributed by atoms with Crippen molar-refractivity contribution < 1.29 is 19.4 Å². The highest BCUT2D eigenvalue weighted by molar-refractivity contribution is 6.35. The zero-order valence-electron chi connectivity index (χ0n) is 22.6. The molecular formula is C29H35ClN4O4. The Morgan fingerprint density at radius 3 is 2.61 bits per heavy atom. The largest absolute Gasteiger partial charge is 0.444 e. The average Bonchev–Trinajstić information content (AvgIpc) is 3.48. The van der Waals surface area contributed by atoms with Crippen LogP contribution in [0.5, 0.6) is 0 Å². The summed E-state index contributed by atoms with van der Waals surface area (Å²) < 4.78 is 5.75. The number of halogens is 1. The number of amides is 2. The number of hydrogen-bond acceptors (Lipinski definition) is 5. The van der Waals surface area contributed by atoms with E-state index in [1.165, 1.54) is 13.8 Å². The van der Waals surface area contributed by atoms with Gasteiger partial charge in [0.05, 0.1) is 11.1 Å². The fourth-order valence-corrected chi connectivity index (χ4v) is 5.68. The molecular weight excluding hydrogens is 504 g/mol. The van der Waals surface area contributed by atoms with Crippen LogP contribution in [0.25, 0.3) is 22.2 Å². The van der Waals surface area contributed by atoms with Gasteiger partial charge in [-0.25, -0.2) is 9.78 Å². The number of likely N-dealkylation sites (tertiary alicyclic amines) is 1. The molecule has 1 fully saturated rings.